The number of methoxy groups -OCH3 is 1. The van der Waals surface area contributed by atoms with Crippen LogP contribution in [0.5, 0.6) is 0 Å². The standard InChI is InChI=1S/C19H16N4O2/c1-25-19(24)23-14-8-6-13(7-9-14)12-21-18-10-15(11-20)22-17-5-3-2-4-16(17)18/h2-10H,12H2,1H3,(H,21,22)(H,23,24). The largest absolute Gasteiger partial charge is 0.453 e. The predicted octanol–water partition coefficient (Wildman–Crippen LogP) is 3.90. The summed E-state index contributed by atoms with van der Waals surface area (Å²) >= 11 is 0. The molecule has 6 nitrogen and oxygen atoms in total. The number of nitrogens with zero attached hydrogens (tertiary/aromatic N) is 2. The molecule has 0 aliphatic carbocycles. The number of carbonyl (C=O) groups excluding carboxylic acids is 1. The molecule has 1 heterocycles. The second kappa shape index (κ2) is 7.32. The smallest absolute Gasteiger partial charge is 0.411 e. The van der Waals surface area contributed by atoms with Crippen LogP contribution in [0.15, 0.2) is 54.6 Å². The number of fused-ring (bicyclic) bond motifs is 1. The highest BCUT2D eigenvalue weighted by atomic mass is 16.5. The van der Waals surface area contributed by atoms with E-state index in [-0.39, 0.29) is 0 Å². The molecule has 0 aliphatic heterocycles. The summed E-state index contributed by atoms with van der Waals surface area (Å²) in [5.74, 6) is 0. The molecule has 0 spiro atoms. The van der Waals surface area contributed by atoms with Crippen LogP contribution in [-0.4, -0.2) is 18.2 Å². The lowest BCUT2D eigenvalue weighted by Crippen LogP contribution is -2.10. The summed E-state index contributed by atoms with van der Waals surface area (Å²) in [6.07, 6.45) is -0.502. The number of nitrogens with one attached hydrogen (secondary N) is 2. The highest BCUT2D eigenvalue weighted by Gasteiger charge is 2.06. The number of hydrogen-bond donors (Lipinski definition) is 2. The maximum absolute atomic E-state index is 11.2. The van der Waals surface area contributed by atoms with Gasteiger partial charge in [0.2, 0.25) is 0 Å². The van der Waals surface area contributed by atoms with Crippen LogP contribution in [0, 0.1) is 11.3 Å². The first kappa shape index (κ1) is 16.3. The SMILES string of the molecule is COC(=O)Nc1ccc(CNc2cc(C#N)nc3ccccc23)cc1. The van der Waals surface area contributed by atoms with Crippen LogP contribution in [0.3, 0.4) is 0 Å². The van der Waals surface area contributed by atoms with Crippen molar-refractivity contribution < 1.29 is 9.53 Å². The number of para-hydroxylation sites is 1. The van der Waals surface area contributed by atoms with Crippen molar-refractivity contribution in [2.24, 2.45) is 0 Å². The molecule has 0 fully saturated rings. The second-order valence-corrected chi connectivity index (χ2v) is 5.35. The van der Waals surface area contributed by atoms with E-state index < -0.39 is 6.09 Å². The lowest BCUT2D eigenvalue weighted by atomic mass is 10.1. The van der Waals surface area contributed by atoms with Gasteiger partial charge < -0.3 is 10.1 Å². The molecule has 6 heteroatoms. The third kappa shape index (κ3) is 3.85. The second-order valence-electron chi connectivity index (χ2n) is 5.35. The number of ether oxygens (including phenoxy) is 1. The summed E-state index contributed by atoms with van der Waals surface area (Å²) in [6.45, 7) is 0.581. The van der Waals surface area contributed by atoms with E-state index in [1.807, 2.05) is 36.4 Å². The number of anilines is 2. The fraction of sp³-hybridized carbons (Fsp3) is 0.105. The monoisotopic (exact) mass is 332 g/mol. The Morgan fingerprint density at radius 3 is 2.68 bits per heavy atom. The number of amides is 1. The van der Waals surface area contributed by atoms with Crippen molar-refractivity contribution in [3.8, 4) is 6.07 Å². The van der Waals surface area contributed by atoms with Crippen molar-refractivity contribution >= 4 is 28.4 Å². The van der Waals surface area contributed by atoms with E-state index in [1.54, 1.807) is 18.2 Å². The zero-order valence-corrected chi connectivity index (χ0v) is 13.6. The van der Waals surface area contributed by atoms with Gasteiger partial charge in [0, 0.05) is 23.3 Å². The normalized spacial score (nSPS) is 10.1. The maximum atomic E-state index is 11.2. The van der Waals surface area contributed by atoms with Gasteiger partial charge in [-0.3, -0.25) is 5.32 Å². The van der Waals surface area contributed by atoms with Crippen molar-refractivity contribution in [2.75, 3.05) is 17.7 Å². The molecule has 3 rings (SSSR count). The van der Waals surface area contributed by atoms with Gasteiger partial charge in [0.25, 0.3) is 0 Å². The van der Waals surface area contributed by atoms with E-state index in [0.29, 0.717) is 17.9 Å². The molecule has 1 amide bonds. The van der Waals surface area contributed by atoms with Gasteiger partial charge in [-0.2, -0.15) is 5.26 Å². The van der Waals surface area contributed by atoms with E-state index in [1.165, 1.54) is 7.11 Å². The Hall–Kier alpha value is -3.59. The highest BCUT2D eigenvalue weighted by Crippen LogP contribution is 2.23. The summed E-state index contributed by atoms with van der Waals surface area (Å²) in [5.41, 5.74) is 3.71. The first-order chi connectivity index (χ1) is 12.2. The van der Waals surface area contributed by atoms with E-state index in [2.05, 4.69) is 26.4 Å². The number of pyridine rings is 1. The topological polar surface area (TPSA) is 87.0 Å². The van der Waals surface area contributed by atoms with Gasteiger partial charge in [-0.15, -0.1) is 0 Å². The fourth-order valence-electron chi connectivity index (χ4n) is 2.45. The third-order valence-corrected chi connectivity index (χ3v) is 3.70. The molecule has 0 saturated heterocycles. The van der Waals surface area contributed by atoms with E-state index >= 15 is 0 Å². The number of aromatic nitrogens is 1. The quantitative estimate of drug-likeness (QED) is 0.756. The molecular weight excluding hydrogens is 316 g/mol. The fourth-order valence-corrected chi connectivity index (χ4v) is 2.45. The number of benzene rings is 2. The van der Waals surface area contributed by atoms with Crippen molar-refractivity contribution in [1.29, 1.82) is 5.26 Å². The zero-order valence-electron chi connectivity index (χ0n) is 13.6. The molecule has 0 unspecified atom stereocenters. The van der Waals surface area contributed by atoms with E-state index in [0.717, 1.165) is 22.2 Å². The Morgan fingerprint density at radius 2 is 1.96 bits per heavy atom. The van der Waals surface area contributed by atoms with E-state index in [4.69, 9.17) is 5.26 Å². The molecule has 2 N–H and O–H groups in total. The van der Waals surface area contributed by atoms with Gasteiger partial charge in [0.15, 0.2) is 0 Å². The zero-order chi connectivity index (χ0) is 17.6. The Balaban J connectivity index is 1.76. The molecule has 0 aliphatic rings. The number of nitriles is 1. The van der Waals surface area contributed by atoms with E-state index in [9.17, 15) is 4.79 Å². The van der Waals surface area contributed by atoms with Gasteiger partial charge in [0.05, 0.1) is 12.6 Å². The average Bonchev–Trinajstić information content (AvgIpc) is 2.66. The van der Waals surface area contributed by atoms with Gasteiger partial charge in [0.1, 0.15) is 11.8 Å². The molecule has 25 heavy (non-hydrogen) atoms. The highest BCUT2D eigenvalue weighted by molar-refractivity contribution is 5.91. The summed E-state index contributed by atoms with van der Waals surface area (Å²) in [4.78, 5) is 15.5. The molecular formula is C19H16N4O2. The van der Waals surface area contributed by atoms with Gasteiger partial charge in [-0.1, -0.05) is 30.3 Å². The third-order valence-electron chi connectivity index (χ3n) is 3.70. The van der Waals surface area contributed by atoms with Crippen molar-refractivity contribution in [1.82, 2.24) is 4.98 Å². The number of carbonyl (C=O) groups is 1. The Bertz CT molecular complexity index is 946. The minimum absolute atomic E-state index is 0.374. The minimum Gasteiger partial charge on any atom is -0.453 e. The van der Waals surface area contributed by atoms with Crippen molar-refractivity contribution in [3.63, 3.8) is 0 Å². The van der Waals surface area contributed by atoms with Crippen molar-refractivity contribution in [3.05, 3.63) is 65.9 Å². The first-order valence-electron chi connectivity index (χ1n) is 7.67. The Kier molecular flexibility index (Phi) is 4.77. The van der Waals surface area contributed by atoms with Gasteiger partial charge >= 0.3 is 6.09 Å². The van der Waals surface area contributed by atoms with Crippen molar-refractivity contribution in [2.45, 2.75) is 6.54 Å². The summed E-state index contributed by atoms with van der Waals surface area (Å²) < 4.78 is 4.56. The van der Waals surface area contributed by atoms with Crippen LogP contribution in [-0.2, 0) is 11.3 Å². The molecule has 1 aromatic heterocycles. The molecule has 0 bridgehead atoms. The Labute approximate surface area is 145 Å². The molecule has 2 aromatic carbocycles. The lowest BCUT2D eigenvalue weighted by Gasteiger charge is -2.11. The number of rotatable bonds is 4. The average molecular weight is 332 g/mol. The molecule has 0 saturated carbocycles. The van der Waals surface area contributed by atoms with Crippen LogP contribution in [0.25, 0.3) is 10.9 Å². The maximum Gasteiger partial charge on any atom is 0.411 e. The van der Waals surface area contributed by atoms with Crippen LogP contribution in [0.4, 0.5) is 16.2 Å². The molecule has 124 valence electrons. The number of hydrogen-bond acceptors (Lipinski definition) is 5. The van der Waals surface area contributed by atoms with Crippen LogP contribution in [0.1, 0.15) is 11.3 Å². The molecule has 0 atom stereocenters. The lowest BCUT2D eigenvalue weighted by molar-refractivity contribution is 0.187. The summed E-state index contributed by atoms with van der Waals surface area (Å²) in [7, 11) is 1.32. The summed E-state index contributed by atoms with van der Waals surface area (Å²) in [6, 6.07) is 18.9. The van der Waals surface area contributed by atoms with Crippen LogP contribution in [0.2, 0.25) is 0 Å². The minimum atomic E-state index is -0.502. The van der Waals surface area contributed by atoms with Crippen LogP contribution >= 0.6 is 0 Å². The molecule has 0 radical (unpaired) electrons. The molecule has 3 aromatic rings. The predicted molar refractivity (Wildman–Crippen MR) is 96.3 cm³/mol. The van der Waals surface area contributed by atoms with Crippen LogP contribution < -0.4 is 10.6 Å². The Morgan fingerprint density at radius 1 is 1.20 bits per heavy atom. The van der Waals surface area contributed by atoms with Gasteiger partial charge in [-0.25, -0.2) is 9.78 Å². The summed E-state index contributed by atoms with van der Waals surface area (Å²) in [5, 5.41) is 16.1. The first-order valence-corrected chi connectivity index (χ1v) is 7.67. The van der Waals surface area contributed by atoms with Gasteiger partial charge in [-0.05, 0) is 29.8 Å².